The van der Waals surface area contributed by atoms with Crippen LogP contribution in [0, 0.1) is 0 Å². The lowest BCUT2D eigenvalue weighted by Crippen LogP contribution is -2.32. The first-order chi connectivity index (χ1) is 8.41. The van der Waals surface area contributed by atoms with Crippen molar-refractivity contribution in [1.29, 1.82) is 0 Å². The van der Waals surface area contributed by atoms with Crippen molar-refractivity contribution in [3.63, 3.8) is 0 Å². The number of aliphatic hydroxyl groups is 1. The number of carboxylic acids is 1. The van der Waals surface area contributed by atoms with Crippen LogP contribution >= 0.6 is 0 Å². The lowest BCUT2D eigenvalue weighted by molar-refractivity contribution is 0.0414. The smallest absolute Gasteiger partial charge is 0.352 e. The Hall–Kier alpha value is -2.01. The minimum atomic E-state index is -0.996. The van der Waals surface area contributed by atoms with Gasteiger partial charge in [-0.15, -0.1) is 0 Å². The van der Waals surface area contributed by atoms with E-state index in [2.05, 4.69) is 4.98 Å². The van der Waals surface area contributed by atoms with Gasteiger partial charge in [-0.25, -0.2) is 4.79 Å². The summed E-state index contributed by atoms with van der Waals surface area (Å²) >= 11 is 0. The molecule has 0 aliphatic rings. The second kappa shape index (κ2) is 4.34. The summed E-state index contributed by atoms with van der Waals surface area (Å²) in [6.07, 6.45) is 0. The predicted octanol–water partition coefficient (Wildman–Crippen LogP) is 2.02. The van der Waals surface area contributed by atoms with Crippen LogP contribution in [-0.2, 0) is 0 Å². The predicted molar refractivity (Wildman–Crippen MR) is 67.1 cm³/mol. The van der Waals surface area contributed by atoms with Gasteiger partial charge in [0.15, 0.2) is 0 Å². The molecule has 96 valence electrons. The van der Waals surface area contributed by atoms with Crippen molar-refractivity contribution in [2.24, 2.45) is 0 Å². The van der Waals surface area contributed by atoms with Gasteiger partial charge in [0, 0.05) is 10.9 Å². The molecule has 0 unspecified atom stereocenters. The highest BCUT2D eigenvalue weighted by atomic mass is 16.5. The van der Waals surface area contributed by atoms with E-state index in [9.17, 15) is 4.79 Å². The standard InChI is InChI=1S/C13H15NO4/c1-13(2,7-15)18-9-3-4-10-8(5-9)6-11(14-10)12(16)17/h3-6,14-15H,7H2,1-2H3,(H,16,17). The van der Waals surface area contributed by atoms with Crippen LogP contribution in [0.4, 0.5) is 0 Å². The summed E-state index contributed by atoms with van der Waals surface area (Å²) in [5.74, 6) is -0.401. The molecule has 3 N–H and O–H groups in total. The van der Waals surface area contributed by atoms with Gasteiger partial charge in [0.1, 0.15) is 17.0 Å². The zero-order valence-electron chi connectivity index (χ0n) is 10.2. The minimum Gasteiger partial charge on any atom is -0.485 e. The summed E-state index contributed by atoms with van der Waals surface area (Å²) in [7, 11) is 0. The van der Waals surface area contributed by atoms with Gasteiger partial charge in [0.2, 0.25) is 0 Å². The number of aromatic amines is 1. The number of H-pyrrole nitrogens is 1. The van der Waals surface area contributed by atoms with Crippen molar-refractivity contribution < 1.29 is 19.7 Å². The van der Waals surface area contributed by atoms with Gasteiger partial charge in [0.25, 0.3) is 0 Å². The zero-order chi connectivity index (χ0) is 13.3. The van der Waals surface area contributed by atoms with Gasteiger partial charge in [0.05, 0.1) is 6.61 Å². The number of aromatic nitrogens is 1. The summed E-state index contributed by atoms with van der Waals surface area (Å²) in [6.45, 7) is 3.45. The summed E-state index contributed by atoms with van der Waals surface area (Å²) < 4.78 is 5.62. The third-order valence-electron chi connectivity index (χ3n) is 2.60. The van der Waals surface area contributed by atoms with Crippen molar-refractivity contribution in [2.75, 3.05) is 6.61 Å². The van der Waals surface area contributed by atoms with Gasteiger partial charge in [-0.1, -0.05) is 0 Å². The quantitative estimate of drug-likeness (QED) is 0.774. The summed E-state index contributed by atoms with van der Waals surface area (Å²) in [6, 6.07) is 6.79. The minimum absolute atomic E-state index is 0.0987. The Kier molecular flexibility index (Phi) is 3.00. The number of carboxylic acid groups (broad SMARTS) is 1. The van der Waals surface area contributed by atoms with E-state index >= 15 is 0 Å². The SMILES string of the molecule is CC(C)(CO)Oc1ccc2[nH]c(C(=O)O)cc2c1. The summed E-state index contributed by atoms with van der Waals surface area (Å²) in [5, 5.41) is 18.8. The first-order valence-corrected chi connectivity index (χ1v) is 5.57. The average molecular weight is 249 g/mol. The maximum Gasteiger partial charge on any atom is 0.352 e. The fourth-order valence-corrected chi connectivity index (χ4v) is 1.64. The number of ether oxygens (including phenoxy) is 1. The molecule has 5 heteroatoms. The number of benzene rings is 1. The third kappa shape index (κ3) is 2.46. The Morgan fingerprint density at radius 2 is 2.11 bits per heavy atom. The maximum atomic E-state index is 10.8. The molecular weight excluding hydrogens is 234 g/mol. The molecule has 0 aliphatic heterocycles. The molecule has 0 aliphatic carbocycles. The highest BCUT2D eigenvalue weighted by Gasteiger charge is 2.18. The highest BCUT2D eigenvalue weighted by Crippen LogP contribution is 2.24. The fraction of sp³-hybridized carbons (Fsp3) is 0.308. The molecule has 0 fully saturated rings. The van der Waals surface area contributed by atoms with Crippen LogP contribution in [0.3, 0.4) is 0 Å². The van der Waals surface area contributed by atoms with Crippen LogP contribution in [0.25, 0.3) is 10.9 Å². The first kappa shape index (κ1) is 12.4. The highest BCUT2D eigenvalue weighted by molar-refractivity contribution is 5.94. The van der Waals surface area contributed by atoms with Gasteiger partial charge in [-0.05, 0) is 38.1 Å². The van der Waals surface area contributed by atoms with Crippen LogP contribution in [0.1, 0.15) is 24.3 Å². The molecule has 0 spiro atoms. The van der Waals surface area contributed by atoms with Crippen LogP contribution in [0.15, 0.2) is 24.3 Å². The normalized spacial score (nSPS) is 11.7. The molecule has 18 heavy (non-hydrogen) atoms. The molecule has 0 atom stereocenters. The van der Waals surface area contributed by atoms with Crippen LogP contribution in [0.2, 0.25) is 0 Å². The second-order valence-electron chi connectivity index (χ2n) is 4.76. The molecule has 0 saturated carbocycles. The zero-order valence-corrected chi connectivity index (χ0v) is 10.2. The number of aromatic carboxylic acids is 1. The number of aliphatic hydroxyl groups excluding tert-OH is 1. The van der Waals surface area contributed by atoms with Gasteiger partial charge in [-0.2, -0.15) is 0 Å². The lowest BCUT2D eigenvalue weighted by Gasteiger charge is -2.23. The first-order valence-electron chi connectivity index (χ1n) is 5.57. The van der Waals surface area contributed by atoms with Crippen LogP contribution in [0.5, 0.6) is 5.75 Å². The third-order valence-corrected chi connectivity index (χ3v) is 2.60. The molecular formula is C13H15NO4. The number of fused-ring (bicyclic) bond motifs is 1. The average Bonchev–Trinajstić information content (AvgIpc) is 2.71. The van der Waals surface area contributed by atoms with Crippen molar-refractivity contribution in [3.8, 4) is 5.75 Å². The van der Waals surface area contributed by atoms with E-state index in [1.807, 2.05) is 0 Å². The molecule has 5 nitrogen and oxygen atoms in total. The van der Waals surface area contributed by atoms with E-state index in [4.69, 9.17) is 14.9 Å². The largest absolute Gasteiger partial charge is 0.485 e. The monoisotopic (exact) mass is 249 g/mol. The van der Waals surface area contributed by atoms with Crippen molar-refractivity contribution in [3.05, 3.63) is 30.0 Å². The second-order valence-corrected chi connectivity index (χ2v) is 4.76. The number of nitrogens with one attached hydrogen (secondary N) is 1. The van der Waals surface area contributed by atoms with E-state index in [1.165, 1.54) is 0 Å². The van der Waals surface area contributed by atoms with E-state index in [0.29, 0.717) is 5.75 Å². The number of carbonyl (C=O) groups is 1. The fourth-order valence-electron chi connectivity index (χ4n) is 1.64. The van der Waals surface area contributed by atoms with Crippen molar-refractivity contribution in [1.82, 2.24) is 4.98 Å². The molecule has 0 bridgehead atoms. The van der Waals surface area contributed by atoms with Crippen LogP contribution < -0.4 is 4.74 Å². The van der Waals surface area contributed by atoms with E-state index < -0.39 is 11.6 Å². The molecule has 0 amide bonds. The lowest BCUT2D eigenvalue weighted by atomic mass is 10.1. The topological polar surface area (TPSA) is 82.5 Å². The number of rotatable bonds is 4. The Labute approximate surface area is 104 Å². The van der Waals surface area contributed by atoms with Crippen LogP contribution in [-0.4, -0.2) is 33.4 Å². The Bertz CT molecular complexity index is 586. The molecule has 0 saturated heterocycles. The Balaban J connectivity index is 2.35. The van der Waals surface area contributed by atoms with Gasteiger partial charge < -0.3 is 19.9 Å². The van der Waals surface area contributed by atoms with E-state index in [1.54, 1.807) is 38.1 Å². The molecule has 2 rings (SSSR count). The van der Waals surface area contributed by atoms with E-state index in [0.717, 1.165) is 10.9 Å². The summed E-state index contributed by atoms with van der Waals surface area (Å²) in [4.78, 5) is 13.6. The number of hydrogen-bond acceptors (Lipinski definition) is 3. The number of hydrogen-bond donors (Lipinski definition) is 3. The van der Waals surface area contributed by atoms with E-state index in [-0.39, 0.29) is 12.3 Å². The molecule has 0 radical (unpaired) electrons. The molecule has 2 aromatic rings. The molecule has 1 aromatic heterocycles. The molecule has 1 aromatic carbocycles. The van der Waals surface area contributed by atoms with Gasteiger partial charge in [-0.3, -0.25) is 0 Å². The Morgan fingerprint density at radius 3 is 2.72 bits per heavy atom. The van der Waals surface area contributed by atoms with Crippen molar-refractivity contribution >= 4 is 16.9 Å². The maximum absolute atomic E-state index is 10.8. The van der Waals surface area contributed by atoms with Crippen molar-refractivity contribution in [2.45, 2.75) is 19.4 Å². The Morgan fingerprint density at radius 1 is 1.39 bits per heavy atom. The summed E-state index contributed by atoms with van der Waals surface area (Å²) in [5.41, 5.74) is 0.213. The molecule has 1 heterocycles. The van der Waals surface area contributed by atoms with Gasteiger partial charge >= 0.3 is 5.97 Å².